The van der Waals surface area contributed by atoms with Gasteiger partial charge in [-0.2, -0.15) is 0 Å². The van der Waals surface area contributed by atoms with Crippen molar-refractivity contribution < 1.29 is 28.6 Å². The highest BCUT2D eigenvalue weighted by Gasteiger charge is 2.37. The van der Waals surface area contributed by atoms with Crippen molar-refractivity contribution in [1.82, 2.24) is 9.80 Å². The average molecular weight is 510 g/mol. The number of carbonyl (C=O) groups excluding carboxylic acids is 3. The van der Waals surface area contributed by atoms with Crippen molar-refractivity contribution >= 4 is 17.8 Å². The van der Waals surface area contributed by atoms with E-state index in [9.17, 15) is 14.4 Å². The molecule has 0 saturated carbocycles. The van der Waals surface area contributed by atoms with Gasteiger partial charge in [0, 0.05) is 36.2 Å². The summed E-state index contributed by atoms with van der Waals surface area (Å²) >= 11 is 0. The first-order valence-electron chi connectivity index (χ1n) is 12.6. The van der Waals surface area contributed by atoms with Gasteiger partial charge in [-0.15, -0.1) is 0 Å². The second-order valence-electron chi connectivity index (χ2n) is 9.76. The van der Waals surface area contributed by atoms with E-state index < -0.39 is 17.9 Å². The fourth-order valence-corrected chi connectivity index (χ4v) is 4.98. The molecule has 2 N–H and O–H groups in total. The summed E-state index contributed by atoms with van der Waals surface area (Å²) in [5, 5.41) is 0. The molecule has 37 heavy (non-hydrogen) atoms. The van der Waals surface area contributed by atoms with Crippen LogP contribution < -0.4 is 10.5 Å². The molecule has 9 nitrogen and oxygen atoms in total. The highest BCUT2D eigenvalue weighted by molar-refractivity contribution is 6.01. The van der Waals surface area contributed by atoms with Crippen LogP contribution in [-0.4, -0.2) is 66.0 Å². The number of fused-ring (bicyclic) bond motifs is 1. The SMILES string of the molecule is COC(=O)CCC(C(N)=O)N1Cc2c(OCc3ccc(CN4[C@H](C)COC[C@@H]4C)cc3)cccc2C1=O. The number of primary amides is 1. The van der Waals surface area contributed by atoms with Gasteiger partial charge >= 0.3 is 5.97 Å². The molecule has 0 aromatic heterocycles. The molecule has 1 fully saturated rings. The smallest absolute Gasteiger partial charge is 0.305 e. The Morgan fingerprint density at radius 1 is 1.08 bits per heavy atom. The highest BCUT2D eigenvalue weighted by Crippen LogP contribution is 2.33. The van der Waals surface area contributed by atoms with Gasteiger partial charge in [0.2, 0.25) is 5.91 Å². The van der Waals surface area contributed by atoms with Gasteiger partial charge in [-0.3, -0.25) is 19.3 Å². The second kappa shape index (κ2) is 11.7. The Kier molecular flexibility index (Phi) is 8.45. The maximum absolute atomic E-state index is 13.1. The first-order valence-corrected chi connectivity index (χ1v) is 12.6. The van der Waals surface area contributed by atoms with Crippen molar-refractivity contribution in [3.63, 3.8) is 0 Å². The van der Waals surface area contributed by atoms with Crippen molar-refractivity contribution in [2.24, 2.45) is 5.73 Å². The summed E-state index contributed by atoms with van der Waals surface area (Å²) in [5.41, 5.74) is 9.01. The van der Waals surface area contributed by atoms with E-state index in [0.29, 0.717) is 35.6 Å². The minimum Gasteiger partial charge on any atom is -0.489 e. The summed E-state index contributed by atoms with van der Waals surface area (Å²) in [7, 11) is 1.28. The Hall–Kier alpha value is -3.43. The van der Waals surface area contributed by atoms with Gasteiger partial charge in [0.15, 0.2) is 0 Å². The van der Waals surface area contributed by atoms with Crippen LogP contribution in [0.5, 0.6) is 5.75 Å². The van der Waals surface area contributed by atoms with Crippen molar-refractivity contribution in [3.8, 4) is 5.75 Å². The van der Waals surface area contributed by atoms with Crippen LogP contribution in [0, 0.1) is 0 Å². The van der Waals surface area contributed by atoms with E-state index in [1.165, 1.54) is 17.6 Å². The molecule has 1 saturated heterocycles. The van der Waals surface area contributed by atoms with E-state index in [-0.39, 0.29) is 25.3 Å². The van der Waals surface area contributed by atoms with Crippen LogP contribution in [0.25, 0.3) is 0 Å². The molecule has 0 spiro atoms. The van der Waals surface area contributed by atoms with Crippen LogP contribution in [0.15, 0.2) is 42.5 Å². The molecule has 2 heterocycles. The maximum atomic E-state index is 13.1. The van der Waals surface area contributed by atoms with E-state index in [1.807, 2.05) is 6.07 Å². The first-order chi connectivity index (χ1) is 17.8. The summed E-state index contributed by atoms with van der Waals surface area (Å²) in [5.74, 6) is -0.831. The quantitative estimate of drug-likeness (QED) is 0.490. The third kappa shape index (κ3) is 6.11. The summed E-state index contributed by atoms with van der Waals surface area (Å²) in [4.78, 5) is 40.6. The number of ether oxygens (including phenoxy) is 3. The second-order valence-corrected chi connectivity index (χ2v) is 9.76. The van der Waals surface area contributed by atoms with E-state index in [2.05, 4.69) is 47.7 Å². The average Bonchev–Trinajstić information content (AvgIpc) is 3.22. The number of nitrogens with two attached hydrogens (primary N) is 1. The van der Waals surface area contributed by atoms with Gasteiger partial charge in [0.05, 0.1) is 26.9 Å². The molecule has 4 rings (SSSR count). The predicted molar refractivity (Wildman–Crippen MR) is 137 cm³/mol. The third-order valence-electron chi connectivity index (χ3n) is 7.14. The molecular formula is C28H35N3O6. The summed E-state index contributed by atoms with van der Waals surface area (Å²) in [6.07, 6.45) is 0.0965. The largest absolute Gasteiger partial charge is 0.489 e. The fourth-order valence-electron chi connectivity index (χ4n) is 4.98. The molecule has 1 unspecified atom stereocenters. The first kappa shape index (κ1) is 26.6. The molecule has 2 aliphatic heterocycles. The zero-order chi connectivity index (χ0) is 26.5. The van der Waals surface area contributed by atoms with Gasteiger partial charge in [0.25, 0.3) is 5.91 Å². The lowest BCUT2D eigenvalue weighted by atomic mass is 10.1. The molecule has 3 atom stereocenters. The molecule has 0 radical (unpaired) electrons. The van der Waals surface area contributed by atoms with Gasteiger partial charge in [-0.1, -0.05) is 30.3 Å². The van der Waals surface area contributed by atoms with Crippen LogP contribution >= 0.6 is 0 Å². The fraction of sp³-hybridized carbons (Fsp3) is 0.464. The van der Waals surface area contributed by atoms with Crippen LogP contribution in [-0.2, 0) is 38.8 Å². The van der Waals surface area contributed by atoms with Crippen LogP contribution in [0.2, 0.25) is 0 Å². The lowest BCUT2D eigenvalue weighted by Gasteiger charge is -2.38. The van der Waals surface area contributed by atoms with Crippen molar-refractivity contribution in [2.45, 2.75) is 64.5 Å². The van der Waals surface area contributed by atoms with Gasteiger partial charge in [0.1, 0.15) is 18.4 Å². The third-order valence-corrected chi connectivity index (χ3v) is 7.14. The Labute approximate surface area is 217 Å². The van der Waals surface area contributed by atoms with Gasteiger partial charge < -0.3 is 24.8 Å². The monoisotopic (exact) mass is 509 g/mol. The van der Waals surface area contributed by atoms with Crippen LogP contribution in [0.3, 0.4) is 0 Å². The number of carbonyl (C=O) groups is 3. The molecule has 0 bridgehead atoms. The minimum absolute atomic E-state index is 0.00700. The number of morpholine rings is 1. The molecular weight excluding hydrogens is 474 g/mol. The van der Waals surface area contributed by atoms with Crippen LogP contribution in [0.1, 0.15) is 53.7 Å². The minimum atomic E-state index is -0.906. The Balaban J connectivity index is 1.40. The topological polar surface area (TPSA) is 111 Å². The molecule has 2 aromatic carbocycles. The van der Waals surface area contributed by atoms with Gasteiger partial charge in [-0.25, -0.2) is 0 Å². The van der Waals surface area contributed by atoms with E-state index in [1.54, 1.807) is 12.1 Å². The summed E-state index contributed by atoms with van der Waals surface area (Å²) in [6.45, 7) is 7.28. The molecule has 198 valence electrons. The molecule has 0 aliphatic carbocycles. The zero-order valence-electron chi connectivity index (χ0n) is 21.6. The Morgan fingerprint density at radius 3 is 2.41 bits per heavy atom. The summed E-state index contributed by atoms with van der Waals surface area (Å²) in [6, 6.07) is 13.5. The van der Waals surface area contributed by atoms with Gasteiger partial charge in [-0.05, 0) is 43.5 Å². The molecule has 2 amide bonds. The highest BCUT2D eigenvalue weighted by atomic mass is 16.5. The Bertz CT molecular complexity index is 1130. The predicted octanol–water partition coefficient (Wildman–Crippen LogP) is 2.64. The standard InChI is InChI=1S/C28H35N3O6/c1-18-15-36-16-19(2)30(18)13-20-7-9-21(10-8-20)17-37-25-6-4-5-22-23(25)14-31(28(22)34)24(27(29)33)11-12-26(32)35-3/h4-10,18-19,24H,11-17H2,1-3H3,(H2,29,33)/t18-,19+,24?. The lowest BCUT2D eigenvalue weighted by Crippen LogP contribution is -2.48. The van der Waals surface area contributed by atoms with E-state index >= 15 is 0 Å². The normalized spacial score (nSPS) is 20.4. The number of nitrogens with zero attached hydrogens (tertiary/aromatic N) is 2. The Morgan fingerprint density at radius 2 is 1.76 bits per heavy atom. The number of hydrogen-bond acceptors (Lipinski definition) is 7. The molecule has 2 aromatic rings. The number of amides is 2. The maximum Gasteiger partial charge on any atom is 0.305 e. The number of rotatable bonds is 10. The number of methoxy groups -OCH3 is 1. The van der Waals surface area contributed by atoms with Crippen molar-refractivity contribution in [1.29, 1.82) is 0 Å². The zero-order valence-corrected chi connectivity index (χ0v) is 21.6. The molecule has 2 aliphatic rings. The lowest BCUT2D eigenvalue weighted by molar-refractivity contribution is -0.141. The van der Waals surface area contributed by atoms with E-state index in [4.69, 9.17) is 15.2 Å². The van der Waals surface area contributed by atoms with Crippen LogP contribution in [0.4, 0.5) is 0 Å². The summed E-state index contributed by atoms with van der Waals surface area (Å²) < 4.78 is 16.4. The van der Waals surface area contributed by atoms with Crippen molar-refractivity contribution in [2.75, 3.05) is 20.3 Å². The molecule has 9 heteroatoms. The number of benzene rings is 2. The van der Waals surface area contributed by atoms with E-state index in [0.717, 1.165) is 25.3 Å². The number of esters is 1. The number of hydrogen-bond donors (Lipinski definition) is 1. The van der Waals surface area contributed by atoms with Crippen molar-refractivity contribution in [3.05, 3.63) is 64.7 Å².